The molecule has 0 saturated carbocycles. The average Bonchev–Trinajstić information content (AvgIpc) is 2.03. The van der Waals surface area contributed by atoms with Gasteiger partial charge in [-0.05, 0) is 24.7 Å². The first kappa shape index (κ1) is 9.72. The molecular formula is C10H18O2. The second-order valence-corrected chi connectivity index (χ2v) is 4.60. The smallest absolute Gasteiger partial charge is 0.148 e. The molecule has 0 aromatic rings. The van der Waals surface area contributed by atoms with Crippen LogP contribution in [0.1, 0.15) is 40.0 Å². The quantitative estimate of drug-likeness (QED) is 0.564. The number of carbonyl (C=O) groups excluding carboxylic acids is 1. The molecule has 70 valence electrons. The SMILES string of the molecule is CC(C)(C)[C@@H]1CCC[C@H](C=O)O1. The van der Waals surface area contributed by atoms with Gasteiger partial charge in [-0.3, -0.25) is 0 Å². The Bertz CT molecular complexity index is 158. The Balaban J connectivity index is 2.51. The molecular weight excluding hydrogens is 152 g/mol. The van der Waals surface area contributed by atoms with Gasteiger partial charge >= 0.3 is 0 Å². The molecule has 1 aliphatic heterocycles. The zero-order chi connectivity index (χ0) is 9.19. The van der Waals surface area contributed by atoms with Crippen LogP contribution >= 0.6 is 0 Å². The zero-order valence-electron chi connectivity index (χ0n) is 8.17. The highest BCUT2D eigenvalue weighted by Gasteiger charge is 2.30. The van der Waals surface area contributed by atoms with E-state index in [0.717, 1.165) is 25.5 Å². The molecule has 2 nitrogen and oxygen atoms in total. The van der Waals surface area contributed by atoms with Gasteiger partial charge < -0.3 is 9.53 Å². The van der Waals surface area contributed by atoms with Crippen LogP contribution in [0.3, 0.4) is 0 Å². The van der Waals surface area contributed by atoms with Crippen LogP contribution in [-0.2, 0) is 9.53 Å². The third-order valence-electron chi connectivity index (χ3n) is 2.41. The molecule has 0 amide bonds. The summed E-state index contributed by atoms with van der Waals surface area (Å²) < 4.78 is 5.63. The summed E-state index contributed by atoms with van der Waals surface area (Å²) in [5, 5.41) is 0. The van der Waals surface area contributed by atoms with Crippen molar-refractivity contribution in [2.75, 3.05) is 0 Å². The van der Waals surface area contributed by atoms with Crippen LogP contribution < -0.4 is 0 Å². The molecule has 1 rings (SSSR count). The van der Waals surface area contributed by atoms with Gasteiger partial charge in [0, 0.05) is 0 Å². The van der Waals surface area contributed by atoms with Crippen molar-refractivity contribution in [3.63, 3.8) is 0 Å². The number of carbonyl (C=O) groups is 1. The summed E-state index contributed by atoms with van der Waals surface area (Å²) in [4.78, 5) is 10.5. The van der Waals surface area contributed by atoms with Crippen LogP contribution in [0.25, 0.3) is 0 Å². The predicted octanol–water partition coefficient (Wildman–Crippen LogP) is 2.17. The van der Waals surface area contributed by atoms with Crippen molar-refractivity contribution in [3.05, 3.63) is 0 Å². The average molecular weight is 170 g/mol. The lowest BCUT2D eigenvalue weighted by molar-refractivity contribution is -0.135. The van der Waals surface area contributed by atoms with E-state index < -0.39 is 0 Å². The van der Waals surface area contributed by atoms with Crippen molar-refractivity contribution < 1.29 is 9.53 Å². The third kappa shape index (κ3) is 2.31. The minimum Gasteiger partial charge on any atom is -0.367 e. The Morgan fingerprint density at radius 2 is 2.00 bits per heavy atom. The van der Waals surface area contributed by atoms with Crippen molar-refractivity contribution in [1.29, 1.82) is 0 Å². The molecule has 2 atom stereocenters. The molecule has 1 saturated heterocycles. The lowest BCUT2D eigenvalue weighted by Gasteiger charge is -2.36. The van der Waals surface area contributed by atoms with Gasteiger partial charge in [0.25, 0.3) is 0 Å². The van der Waals surface area contributed by atoms with E-state index >= 15 is 0 Å². The molecule has 0 N–H and O–H groups in total. The monoisotopic (exact) mass is 170 g/mol. The Kier molecular flexibility index (Phi) is 2.89. The first-order valence-electron chi connectivity index (χ1n) is 4.65. The second-order valence-electron chi connectivity index (χ2n) is 4.60. The van der Waals surface area contributed by atoms with Gasteiger partial charge in [0.2, 0.25) is 0 Å². The van der Waals surface area contributed by atoms with Crippen LogP contribution in [0, 0.1) is 5.41 Å². The summed E-state index contributed by atoms with van der Waals surface area (Å²) in [5.74, 6) is 0. The zero-order valence-corrected chi connectivity index (χ0v) is 8.17. The van der Waals surface area contributed by atoms with Crippen molar-refractivity contribution in [3.8, 4) is 0 Å². The van der Waals surface area contributed by atoms with Gasteiger partial charge in [0.15, 0.2) is 0 Å². The van der Waals surface area contributed by atoms with Crippen LogP contribution in [0.5, 0.6) is 0 Å². The molecule has 1 heterocycles. The Morgan fingerprint density at radius 1 is 1.33 bits per heavy atom. The van der Waals surface area contributed by atoms with Crippen molar-refractivity contribution >= 4 is 6.29 Å². The Hall–Kier alpha value is -0.370. The summed E-state index contributed by atoms with van der Waals surface area (Å²) >= 11 is 0. The molecule has 0 bridgehead atoms. The lowest BCUT2D eigenvalue weighted by atomic mass is 9.84. The van der Waals surface area contributed by atoms with E-state index in [1.54, 1.807) is 0 Å². The molecule has 1 fully saturated rings. The number of rotatable bonds is 1. The molecule has 1 aliphatic rings. The molecule has 0 spiro atoms. The predicted molar refractivity (Wildman–Crippen MR) is 48.0 cm³/mol. The second kappa shape index (κ2) is 3.56. The number of hydrogen-bond donors (Lipinski definition) is 0. The molecule has 0 aromatic heterocycles. The minimum atomic E-state index is -0.150. The van der Waals surface area contributed by atoms with Gasteiger partial charge in [-0.15, -0.1) is 0 Å². The number of hydrogen-bond acceptors (Lipinski definition) is 2. The van der Waals surface area contributed by atoms with E-state index in [1.807, 2.05) is 0 Å². The Labute approximate surface area is 74.3 Å². The normalized spacial score (nSPS) is 31.6. The van der Waals surface area contributed by atoms with Gasteiger partial charge in [-0.1, -0.05) is 20.8 Å². The molecule has 0 aliphatic carbocycles. The van der Waals surface area contributed by atoms with E-state index in [0.29, 0.717) is 0 Å². The van der Waals surface area contributed by atoms with Crippen LogP contribution in [-0.4, -0.2) is 18.5 Å². The van der Waals surface area contributed by atoms with Gasteiger partial charge in [0.1, 0.15) is 12.4 Å². The maximum atomic E-state index is 10.5. The summed E-state index contributed by atoms with van der Waals surface area (Å²) in [6, 6.07) is 0. The summed E-state index contributed by atoms with van der Waals surface area (Å²) in [6.07, 6.45) is 4.14. The number of ether oxygens (including phenoxy) is 1. The van der Waals surface area contributed by atoms with E-state index in [1.165, 1.54) is 0 Å². The van der Waals surface area contributed by atoms with E-state index in [-0.39, 0.29) is 17.6 Å². The molecule has 0 aromatic carbocycles. The van der Waals surface area contributed by atoms with Crippen molar-refractivity contribution in [2.45, 2.75) is 52.2 Å². The first-order valence-corrected chi connectivity index (χ1v) is 4.65. The molecule has 0 unspecified atom stereocenters. The van der Waals surface area contributed by atoms with E-state index in [9.17, 15) is 4.79 Å². The van der Waals surface area contributed by atoms with Crippen LogP contribution in [0.4, 0.5) is 0 Å². The fourth-order valence-corrected chi connectivity index (χ4v) is 1.59. The standard InChI is InChI=1S/C10H18O2/c1-10(2,3)9-6-4-5-8(7-11)12-9/h7-9H,4-6H2,1-3H3/t8-,9+/m1/s1. The van der Waals surface area contributed by atoms with Gasteiger partial charge in [-0.2, -0.15) is 0 Å². The number of aldehydes is 1. The summed E-state index contributed by atoms with van der Waals surface area (Å²) in [7, 11) is 0. The van der Waals surface area contributed by atoms with E-state index in [4.69, 9.17) is 4.74 Å². The largest absolute Gasteiger partial charge is 0.367 e. The highest BCUT2D eigenvalue weighted by atomic mass is 16.5. The van der Waals surface area contributed by atoms with E-state index in [2.05, 4.69) is 20.8 Å². The van der Waals surface area contributed by atoms with Crippen LogP contribution in [0.15, 0.2) is 0 Å². The summed E-state index contributed by atoms with van der Waals surface area (Å²) in [5.41, 5.74) is 0.168. The van der Waals surface area contributed by atoms with Gasteiger partial charge in [-0.25, -0.2) is 0 Å². The Morgan fingerprint density at radius 3 is 2.50 bits per heavy atom. The van der Waals surface area contributed by atoms with Crippen molar-refractivity contribution in [1.82, 2.24) is 0 Å². The molecule has 12 heavy (non-hydrogen) atoms. The summed E-state index contributed by atoms with van der Waals surface area (Å²) in [6.45, 7) is 6.47. The third-order valence-corrected chi connectivity index (χ3v) is 2.41. The molecule has 2 heteroatoms. The van der Waals surface area contributed by atoms with Gasteiger partial charge in [0.05, 0.1) is 6.10 Å². The fraction of sp³-hybridized carbons (Fsp3) is 0.900. The fourth-order valence-electron chi connectivity index (χ4n) is 1.59. The van der Waals surface area contributed by atoms with Crippen LogP contribution in [0.2, 0.25) is 0 Å². The first-order chi connectivity index (χ1) is 5.54. The topological polar surface area (TPSA) is 26.3 Å². The highest BCUT2D eigenvalue weighted by Crippen LogP contribution is 2.31. The molecule has 0 radical (unpaired) electrons. The lowest BCUT2D eigenvalue weighted by Crippen LogP contribution is -2.37. The van der Waals surface area contributed by atoms with Crippen molar-refractivity contribution in [2.24, 2.45) is 5.41 Å². The minimum absolute atomic E-state index is 0.150. The maximum absolute atomic E-state index is 10.5. The highest BCUT2D eigenvalue weighted by molar-refractivity contribution is 5.56. The maximum Gasteiger partial charge on any atom is 0.148 e.